The van der Waals surface area contributed by atoms with Crippen molar-refractivity contribution in [1.29, 1.82) is 0 Å². The second kappa shape index (κ2) is 12.4. The highest BCUT2D eigenvalue weighted by atomic mass is 16.5. The first-order chi connectivity index (χ1) is 24.2. The van der Waals surface area contributed by atoms with Crippen LogP contribution >= 0.6 is 0 Å². The van der Waals surface area contributed by atoms with E-state index in [1.165, 1.54) is 33.0 Å². The van der Waals surface area contributed by atoms with E-state index < -0.39 is 0 Å². The molecular weight excluding hydrogens is 599 g/mol. The molecule has 7 aromatic rings. The Bertz CT molecular complexity index is 2330. The standard InChI is InChI=1S/C45H33N3O/c1-2-9-30(10-3-1)31-17-21-34(22-18-31)41-29-42(35-23-19-33(20-24-35)39-14-8-12-32-11-4-5-13-38(32)39)47-44(46-41)36-25-27-37(28-26-36)45-48-40-15-6-7-16-43(40)49-45/h1-23,25-29,35,45,48H,24H2. The highest BCUT2D eigenvalue weighted by molar-refractivity contribution is 5.96. The van der Waals surface area contributed by atoms with Crippen LogP contribution in [0.3, 0.4) is 0 Å². The third-order valence-electron chi connectivity index (χ3n) is 9.50. The number of benzene rings is 6. The van der Waals surface area contributed by atoms with Gasteiger partial charge >= 0.3 is 0 Å². The van der Waals surface area contributed by atoms with Crippen LogP contribution in [-0.4, -0.2) is 9.97 Å². The van der Waals surface area contributed by atoms with Crippen molar-refractivity contribution in [2.45, 2.75) is 18.6 Å². The summed E-state index contributed by atoms with van der Waals surface area (Å²) in [6.45, 7) is 0. The predicted molar refractivity (Wildman–Crippen MR) is 200 cm³/mol. The predicted octanol–water partition coefficient (Wildman–Crippen LogP) is 11.3. The number of ether oxygens (including phenoxy) is 1. The van der Waals surface area contributed by atoms with Crippen LogP contribution in [0.15, 0.2) is 170 Å². The molecule has 2 heterocycles. The van der Waals surface area contributed by atoms with E-state index in [1.807, 2.05) is 30.3 Å². The topological polar surface area (TPSA) is 47.0 Å². The fourth-order valence-electron chi connectivity index (χ4n) is 6.86. The first kappa shape index (κ1) is 28.9. The van der Waals surface area contributed by atoms with Gasteiger partial charge in [0, 0.05) is 22.6 Å². The number of rotatable bonds is 6. The first-order valence-corrected chi connectivity index (χ1v) is 16.8. The van der Waals surface area contributed by atoms with Crippen molar-refractivity contribution in [3.8, 4) is 39.5 Å². The van der Waals surface area contributed by atoms with Crippen molar-refractivity contribution in [1.82, 2.24) is 9.97 Å². The lowest BCUT2D eigenvalue weighted by Gasteiger charge is -2.19. The van der Waals surface area contributed by atoms with E-state index in [1.54, 1.807) is 0 Å². The lowest BCUT2D eigenvalue weighted by Crippen LogP contribution is -2.10. The number of aromatic nitrogens is 2. The maximum absolute atomic E-state index is 6.16. The summed E-state index contributed by atoms with van der Waals surface area (Å²) < 4.78 is 6.16. The van der Waals surface area contributed by atoms with Crippen molar-refractivity contribution >= 4 is 22.0 Å². The minimum absolute atomic E-state index is 0.136. The summed E-state index contributed by atoms with van der Waals surface area (Å²) in [5.74, 6) is 1.72. The molecule has 2 aliphatic rings. The summed E-state index contributed by atoms with van der Waals surface area (Å²) in [6.07, 6.45) is 7.54. The molecule has 0 radical (unpaired) electrons. The van der Waals surface area contributed by atoms with Gasteiger partial charge in [0.25, 0.3) is 0 Å². The highest BCUT2D eigenvalue weighted by Gasteiger charge is 2.23. The number of allylic oxidation sites excluding steroid dienone is 4. The number of nitrogens with one attached hydrogen (secondary N) is 1. The Labute approximate surface area is 286 Å². The van der Waals surface area contributed by atoms with Crippen molar-refractivity contribution < 1.29 is 4.74 Å². The Hall–Kier alpha value is -6.26. The van der Waals surface area contributed by atoms with Crippen LogP contribution in [0.4, 0.5) is 5.69 Å². The van der Waals surface area contributed by atoms with Gasteiger partial charge in [-0.15, -0.1) is 0 Å². The fourth-order valence-corrected chi connectivity index (χ4v) is 6.86. The van der Waals surface area contributed by atoms with Gasteiger partial charge in [-0.2, -0.15) is 0 Å². The van der Waals surface area contributed by atoms with Gasteiger partial charge in [-0.25, -0.2) is 9.97 Å². The zero-order valence-corrected chi connectivity index (χ0v) is 26.8. The number of para-hydroxylation sites is 2. The Balaban J connectivity index is 1.05. The Kier molecular flexibility index (Phi) is 7.32. The van der Waals surface area contributed by atoms with E-state index >= 15 is 0 Å². The summed E-state index contributed by atoms with van der Waals surface area (Å²) in [7, 11) is 0. The van der Waals surface area contributed by atoms with Crippen LogP contribution in [0.25, 0.3) is 50.1 Å². The molecule has 0 spiro atoms. The molecule has 49 heavy (non-hydrogen) atoms. The molecule has 4 nitrogen and oxygen atoms in total. The number of anilines is 1. The molecule has 0 amide bonds. The molecule has 4 heteroatoms. The van der Waals surface area contributed by atoms with Crippen molar-refractivity contribution in [3.05, 3.63) is 187 Å². The zero-order chi connectivity index (χ0) is 32.6. The van der Waals surface area contributed by atoms with Crippen LogP contribution in [0.2, 0.25) is 0 Å². The normalized spacial score (nSPS) is 16.4. The third-order valence-corrected chi connectivity index (χ3v) is 9.50. The monoisotopic (exact) mass is 631 g/mol. The van der Waals surface area contributed by atoms with Crippen LogP contribution in [-0.2, 0) is 0 Å². The molecule has 2 atom stereocenters. The van der Waals surface area contributed by atoms with Gasteiger partial charge in [-0.1, -0.05) is 152 Å². The van der Waals surface area contributed by atoms with Crippen molar-refractivity contribution in [3.63, 3.8) is 0 Å². The maximum Gasteiger partial charge on any atom is 0.196 e. The largest absolute Gasteiger partial charge is 0.464 e. The van der Waals surface area contributed by atoms with Gasteiger partial charge in [0.1, 0.15) is 5.75 Å². The van der Waals surface area contributed by atoms with Gasteiger partial charge in [0.15, 0.2) is 12.1 Å². The molecule has 0 bridgehead atoms. The molecule has 1 aliphatic carbocycles. The number of hydrogen-bond donors (Lipinski definition) is 1. The molecular formula is C45H33N3O. The van der Waals surface area contributed by atoms with Crippen LogP contribution in [0.1, 0.15) is 35.4 Å². The van der Waals surface area contributed by atoms with E-state index in [4.69, 9.17) is 14.7 Å². The molecule has 0 saturated carbocycles. The van der Waals surface area contributed by atoms with Crippen molar-refractivity contribution in [2.24, 2.45) is 0 Å². The average molecular weight is 632 g/mol. The quantitative estimate of drug-likeness (QED) is 0.198. The van der Waals surface area contributed by atoms with E-state index in [0.29, 0.717) is 5.82 Å². The SMILES string of the molecule is C1=CC(c2cc(-c3ccc(-c4ccccc4)cc3)nc(-c3ccc(C4Nc5ccccc5O4)cc3)n2)CC=C1c1cccc2ccccc12. The van der Waals surface area contributed by atoms with E-state index in [9.17, 15) is 0 Å². The highest BCUT2D eigenvalue weighted by Crippen LogP contribution is 2.39. The van der Waals surface area contributed by atoms with Crippen LogP contribution in [0, 0.1) is 0 Å². The van der Waals surface area contributed by atoms with E-state index in [2.05, 4.69) is 145 Å². The fraction of sp³-hybridized carbons (Fsp3) is 0.0667. The van der Waals surface area contributed by atoms with Gasteiger partial charge in [-0.05, 0) is 57.7 Å². The molecule has 0 fully saturated rings. The summed E-state index contributed by atoms with van der Waals surface area (Å²) >= 11 is 0. The minimum Gasteiger partial charge on any atom is -0.464 e. The van der Waals surface area contributed by atoms with Gasteiger partial charge in [-0.3, -0.25) is 0 Å². The summed E-state index contributed by atoms with van der Waals surface area (Å²) in [4.78, 5) is 10.3. The molecule has 2 unspecified atom stereocenters. The van der Waals surface area contributed by atoms with Crippen LogP contribution in [0.5, 0.6) is 5.75 Å². The summed E-state index contributed by atoms with van der Waals surface area (Å²) in [6, 6.07) is 52.9. The summed E-state index contributed by atoms with van der Waals surface area (Å²) in [5.41, 5.74) is 10.9. The number of fused-ring (bicyclic) bond motifs is 2. The molecule has 1 N–H and O–H groups in total. The second-order valence-corrected chi connectivity index (χ2v) is 12.6. The second-order valence-electron chi connectivity index (χ2n) is 12.6. The lowest BCUT2D eigenvalue weighted by atomic mass is 9.88. The number of hydrogen-bond acceptors (Lipinski definition) is 4. The summed E-state index contributed by atoms with van der Waals surface area (Å²) in [5, 5.41) is 6.00. The Morgan fingerprint density at radius 3 is 2.14 bits per heavy atom. The van der Waals surface area contributed by atoms with E-state index in [-0.39, 0.29) is 12.1 Å². The Morgan fingerprint density at radius 1 is 0.612 bits per heavy atom. The lowest BCUT2D eigenvalue weighted by molar-refractivity contribution is 0.260. The third kappa shape index (κ3) is 5.68. The first-order valence-electron chi connectivity index (χ1n) is 16.8. The molecule has 0 saturated heterocycles. The minimum atomic E-state index is -0.229. The smallest absolute Gasteiger partial charge is 0.196 e. The molecule has 234 valence electrons. The molecule has 9 rings (SSSR count). The number of nitrogens with zero attached hydrogens (tertiary/aromatic N) is 2. The maximum atomic E-state index is 6.16. The molecule has 6 aromatic carbocycles. The van der Waals surface area contributed by atoms with Gasteiger partial charge < -0.3 is 10.1 Å². The van der Waals surface area contributed by atoms with E-state index in [0.717, 1.165) is 45.9 Å². The average Bonchev–Trinajstić information content (AvgIpc) is 3.63. The molecule has 1 aliphatic heterocycles. The van der Waals surface area contributed by atoms with Crippen molar-refractivity contribution in [2.75, 3.05) is 5.32 Å². The van der Waals surface area contributed by atoms with Gasteiger partial charge in [0.05, 0.1) is 17.1 Å². The zero-order valence-electron chi connectivity index (χ0n) is 26.8. The van der Waals surface area contributed by atoms with Crippen LogP contribution < -0.4 is 10.1 Å². The molecule has 1 aromatic heterocycles. The van der Waals surface area contributed by atoms with Gasteiger partial charge in [0.2, 0.25) is 0 Å². The Morgan fingerprint density at radius 2 is 1.33 bits per heavy atom.